The molecule has 0 saturated carbocycles. The molecule has 1 N–H and O–H groups in total. The Kier molecular flexibility index (Phi) is 8.54. The summed E-state index contributed by atoms with van der Waals surface area (Å²) < 4.78 is 10.8. The quantitative estimate of drug-likeness (QED) is 0.798. The number of carbonyl (C=O) groups is 1. The van der Waals surface area contributed by atoms with Gasteiger partial charge in [0, 0.05) is 12.2 Å². The molecule has 1 atom stereocenters. The van der Waals surface area contributed by atoms with Gasteiger partial charge in [0.05, 0.1) is 32.0 Å². The summed E-state index contributed by atoms with van der Waals surface area (Å²) in [4.78, 5) is 19.9. The van der Waals surface area contributed by atoms with Crippen LogP contribution in [0.15, 0.2) is 42.6 Å². The summed E-state index contributed by atoms with van der Waals surface area (Å²) >= 11 is 0. The van der Waals surface area contributed by atoms with Gasteiger partial charge in [-0.1, -0.05) is 6.07 Å². The van der Waals surface area contributed by atoms with Crippen molar-refractivity contribution >= 4 is 18.3 Å². The number of aromatic nitrogens is 1. The van der Waals surface area contributed by atoms with E-state index in [1.54, 1.807) is 38.6 Å². The Morgan fingerprint density at radius 1 is 1.18 bits per heavy atom. The first kappa shape index (κ1) is 22.0. The number of carbonyl (C=O) groups excluding carboxylic acids is 1. The average molecular weight is 406 g/mol. The SMILES string of the molecule is COc1ccc(OC)c(C(=O)N(Cc2ccccn2)C2CCCNCC2)c1.Cl. The molecule has 1 aliphatic heterocycles. The standard InChI is InChI=1S/C21H27N3O3.ClH/c1-26-18-8-9-20(27-2)19(14-18)21(25)24(15-16-6-3-4-12-23-16)17-7-5-11-22-13-10-17;/h3-4,6,8-9,12,14,17,22H,5,7,10-11,13,15H2,1-2H3;1H. The zero-order valence-corrected chi connectivity index (χ0v) is 17.2. The molecule has 7 heteroatoms. The molecule has 2 aromatic rings. The number of halogens is 1. The van der Waals surface area contributed by atoms with Crippen molar-refractivity contribution in [1.82, 2.24) is 15.2 Å². The number of hydrogen-bond acceptors (Lipinski definition) is 5. The van der Waals surface area contributed by atoms with Crippen molar-refractivity contribution in [3.63, 3.8) is 0 Å². The van der Waals surface area contributed by atoms with Gasteiger partial charge in [-0.2, -0.15) is 0 Å². The number of ether oxygens (including phenoxy) is 2. The molecule has 1 aliphatic rings. The molecule has 3 rings (SSSR count). The Morgan fingerprint density at radius 3 is 2.75 bits per heavy atom. The number of rotatable bonds is 6. The van der Waals surface area contributed by atoms with Crippen molar-refractivity contribution in [2.24, 2.45) is 0 Å². The molecule has 1 saturated heterocycles. The van der Waals surface area contributed by atoms with E-state index in [9.17, 15) is 4.79 Å². The number of nitrogens with zero attached hydrogens (tertiary/aromatic N) is 2. The minimum absolute atomic E-state index is 0. The summed E-state index contributed by atoms with van der Waals surface area (Å²) in [5, 5.41) is 3.42. The first-order valence-electron chi connectivity index (χ1n) is 9.36. The highest BCUT2D eigenvalue weighted by atomic mass is 35.5. The molecule has 1 amide bonds. The maximum Gasteiger partial charge on any atom is 0.258 e. The number of hydrogen-bond donors (Lipinski definition) is 1. The lowest BCUT2D eigenvalue weighted by Gasteiger charge is -2.31. The van der Waals surface area contributed by atoms with E-state index in [4.69, 9.17) is 9.47 Å². The van der Waals surface area contributed by atoms with E-state index in [0.717, 1.165) is 38.0 Å². The van der Waals surface area contributed by atoms with Crippen molar-refractivity contribution < 1.29 is 14.3 Å². The molecule has 152 valence electrons. The van der Waals surface area contributed by atoms with Gasteiger partial charge in [0.1, 0.15) is 11.5 Å². The zero-order valence-electron chi connectivity index (χ0n) is 16.4. The molecule has 1 unspecified atom stereocenters. The molecular weight excluding hydrogens is 378 g/mol. The van der Waals surface area contributed by atoms with Gasteiger partial charge in [-0.15, -0.1) is 12.4 Å². The third-order valence-corrected chi connectivity index (χ3v) is 4.94. The number of benzene rings is 1. The van der Waals surface area contributed by atoms with Gasteiger partial charge in [0.15, 0.2) is 0 Å². The molecule has 0 bridgehead atoms. The fourth-order valence-corrected chi connectivity index (χ4v) is 3.48. The first-order valence-corrected chi connectivity index (χ1v) is 9.36. The van der Waals surface area contributed by atoms with Crippen LogP contribution in [0.25, 0.3) is 0 Å². The van der Waals surface area contributed by atoms with Crippen LogP contribution >= 0.6 is 12.4 Å². The maximum atomic E-state index is 13.6. The molecule has 0 aliphatic carbocycles. The molecule has 0 radical (unpaired) electrons. The van der Waals surface area contributed by atoms with Crippen molar-refractivity contribution in [2.45, 2.75) is 31.8 Å². The van der Waals surface area contributed by atoms with Gasteiger partial charge < -0.3 is 19.7 Å². The van der Waals surface area contributed by atoms with E-state index < -0.39 is 0 Å². The van der Waals surface area contributed by atoms with Crippen molar-refractivity contribution in [3.8, 4) is 11.5 Å². The monoisotopic (exact) mass is 405 g/mol. The van der Waals surface area contributed by atoms with Crippen LogP contribution in [0.4, 0.5) is 0 Å². The predicted octanol–water partition coefficient (Wildman–Crippen LogP) is 3.31. The second-order valence-corrected chi connectivity index (χ2v) is 6.66. The minimum atomic E-state index is -0.0525. The number of nitrogens with one attached hydrogen (secondary N) is 1. The van der Waals surface area contributed by atoms with Crippen LogP contribution in [0.2, 0.25) is 0 Å². The molecule has 28 heavy (non-hydrogen) atoms. The molecule has 6 nitrogen and oxygen atoms in total. The third kappa shape index (κ3) is 5.36. The first-order chi connectivity index (χ1) is 13.2. The fourth-order valence-electron chi connectivity index (χ4n) is 3.48. The number of pyridine rings is 1. The maximum absolute atomic E-state index is 13.6. The second kappa shape index (κ2) is 10.9. The Bertz CT molecular complexity index is 750. The predicted molar refractivity (Wildman–Crippen MR) is 111 cm³/mol. The largest absolute Gasteiger partial charge is 0.497 e. The number of amides is 1. The summed E-state index contributed by atoms with van der Waals surface area (Å²) in [6.45, 7) is 2.38. The van der Waals surface area contributed by atoms with E-state index >= 15 is 0 Å². The summed E-state index contributed by atoms with van der Waals surface area (Å²) in [7, 11) is 3.18. The molecule has 1 fully saturated rings. The highest BCUT2D eigenvalue weighted by molar-refractivity contribution is 5.97. The molecule has 1 aromatic carbocycles. The van der Waals surface area contributed by atoms with Gasteiger partial charge in [-0.3, -0.25) is 9.78 Å². The molecule has 2 heterocycles. The van der Waals surface area contributed by atoms with Gasteiger partial charge >= 0.3 is 0 Å². The minimum Gasteiger partial charge on any atom is -0.497 e. The van der Waals surface area contributed by atoms with Crippen LogP contribution in [0, 0.1) is 0 Å². The lowest BCUT2D eigenvalue weighted by molar-refractivity contribution is 0.0638. The lowest BCUT2D eigenvalue weighted by Crippen LogP contribution is -2.40. The Balaban J connectivity index is 0.00000280. The summed E-state index contributed by atoms with van der Waals surface area (Å²) in [6.07, 6.45) is 4.70. The Labute approximate surface area is 172 Å². The summed E-state index contributed by atoms with van der Waals surface area (Å²) in [5.74, 6) is 1.14. The summed E-state index contributed by atoms with van der Waals surface area (Å²) in [5.41, 5.74) is 1.40. The molecule has 0 spiro atoms. The highest BCUT2D eigenvalue weighted by Gasteiger charge is 2.28. The van der Waals surface area contributed by atoms with Gasteiger partial charge in [-0.05, 0) is 62.7 Å². The van der Waals surface area contributed by atoms with Crippen molar-refractivity contribution in [1.29, 1.82) is 0 Å². The van der Waals surface area contributed by atoms with Crippen LogP contribution in [0.5, 0.6) is 11.5 Å². The molecular formula is C21H28ClN3O3. The van der Waals surface area contributed by atoms with Crippen LogP contribution in [0.3, 0.4) is 0 Å². The number of methoxy groups -OCH3 is 2. The van der Waals surface area contributed by atoms with E-state index in [0.29, 0.717) is 23.6 Å². The fraction of sp³-hybridized carbons (Fsp3) is 0.429. The summed E-state index contributed by atoms with van der Waals surface area (Å²) in [6, 6.07) is 11.3. The molecule has 1 aromatic heterocycles. The Hall–Kier alpha value is -2.31. The van der Waals surface area contributed by atoms with Crippen LogP contribution in [0.1, 0.15) is 35.3 Å². The van der Waals surface area contributed by atoms with Crippen molar-refractivity contribution in [2.75, 3.05) is 27.3 Å². The second-order valence-electron chi connectivity index (χ2n) is 6.66. The average Bonchev–Trinajstić information content (AvgIpc) is 3.01. The zero-order chi connectivity index (χ0) is 19.1. The van der Waals surface area contributed by atoms with Crippen LogP contribution in [-0.2, 0) is 6.54 Å². The van der Waals surface area contributed by atoms with Gasteiger partial charge in [0.2, 0.25) is 0 Å². The van der Waals surface area contributed by atoms with E-state index in [2.05, 4.69) is 10.3 Å². The highest BCUT2D eigenvalue weighted by Crippen LogP contribution is 2.28. The smallest absolute Gasteiger partial charge is 0.258 e. The van der Waals surface area contributed by atoms with E-state index in [-0.39, 0.29) is 24.4 Å². The third-order valence-electron chi connectivity index (χ3n) is 4.94. The normalized spacial score (nSPS) is 16.4. The Morgan fingerprint density at radius 2 is 2.04 bits per heavy atom. The van der Waals surface area contributed by atoms with Gasteiger partial charge in [-0.25, -0.2) is 0 Å². The van der Waals surface area contributed by atoms with Crippen molar-refractivity contribution in [3.05, 3.63) is 53.9 Å². The van der Waals surface area contributed by atoms with Crippen LogP contribution in [-0.4, -0.2) is 49.1 Å². The topological polar surface area (TPSA) is 63.7 Å². The van der Waals surface area contributed by atoms with Crippen LogP contribution < -0.4 is 14.8 Å². The van der Waals surface area contributed by atoms with Gasteiger partial charge in [0.25, 0.3) is 5.91 Å². The lowest BCUT2D eigenvalue weighted by atomic mass is 10.0. The van der Waals surface area contributed by atoms with E-state index in [1.807, 2.05) is 23.1 Å². The van der Waals surface area contributed by atoms with E-state index in [1.165, 1.54) is 0 Å².